The second-order valence-corrected chi connectivity index (χ2v) is 3.40. The molecule has 0 aliphatic rings. The maximum Gasteiger partial charge on any atom is 0.354 e. The summed E-state index contributed by atoms with van der Waals surface area (Å²) in [6.45, 7) is 3.74. The molecule has 0 radical (unpaired) electrons. The van der Waals surface area contributed by atoms with Crippen LogP contribution in [-0.2, 0) is 9.53 Å². The minimum atomic E-state index is -0.594. The van der Waals surface area contributed by atoms with Gasteiger partial charge in [-0.1, -0.05) is 11.6 Å². The number of rotatable bonds is 3. The van der Waals surface area contributed by atoms with Gasteiger partial charge in [-0.3, -0.25) is 0 Å². The average Bonchev–Trinajstić information content (AvgIpc) is 2.16. The second-order valence-electron chi connectivity index (χ2n) is 3.01. The van der Waals surface area contributed by atoms with E-state index in [-0.39, 0.29) is 18.1 Å². The maximum atomic E-state index is 11.2. The lowest BCUT2D eigenvalue weighted by Crippen LogP contribution is -2.14. The molecular formula is C10H12ClN3O2. The standard InChI is InChI=1S/C10H12ClN3O2/c1-3-16-10(15)7(12)5-9-13-6(2)4-8(11)14-9/h4-5H,3,12H2,1-2H3. The van der Waals surface area contributed by atoms with Crippen LogP contribution in [0.4, 0.5) is 0 Å². The Bertz CT molecular complexity index is 412. The zero-order valence-corrected chi connectivity index (χ0v) is 9.78. The Labute approximate surface area is 98.3 Å². The number of aromatic nitrogens is 2. The molecule has 1 heterocycles. The first-order chi connectivity index (χ1) is 7.52. The van der Waals surface area contributed by atoms with E-state index >= 15 is 0 Å². The number of carbonyl (C=O) groups excluding carboxylic acids is 1. The van der Waals surface area contributed by atoms with E-state index in [4.69, 9.17) is 22.1 Å². The summed E-state index contributed by atoms with van der Waals surface area (Å²) in [7, 11) is 0. The first kappa shape index (κ1) is 12.4. The van der Waals surface area contributed by atoms with Gasteiger partial charge < -0.3 is 10.5 Å². The monoisotopic (exact) mass is 241 g/mol. The summed E-state index contributed by atoms with van der Waals surface area (Å²) in [5.74, 6) is -0.306. The predicted octanol–water partition coefficient (Wildman–Crippen LogP) is 1.30. The fraction of sp³-hybridized carbons (Fsp3) is 0.300. The summed E-state index contributed by atoms with van der Waals surface area (Å²) < 4.78 is 4.72. The van der Waals surface area contributed by atoms with Crippen LogP contribution in [0.25, 0.3) is 6.08 Å². The Morgan fingerprint density at radius 2 is 2.31 bits per heavy atom. The van der Waals surface area contributed by atoms with Crippen LogP contribution in [-0.4, -0.2) is 22.5 Å². The van der Waals surface area contributed by atoms with E-state index in [1.54, 1.807) is 19.9 Å². The van der Waals surface area contributed by atoms with Crippen molar-refractivity contribution in [2.75, 3.05) is 6.61 Å². The molecule has 16 heavy (non-hydrogen) atoms. The lowest BCUT2D eigenvalue weighted by atomic mass is 10.3. The molecule has 0 bridgehead atoms. The topological polar surface area (TPSA) is 78.1 Å². The van der Waals surface area contributed by atoms with E-state index in [1.807, 2.05) is 0 Å². The molecule has 1 aromatic rings. The van der Waals surface area contributed by atoms with Gasteiger partial charge in [0, 0.05) is 11.8 Å². The van der Waals surface area contributed by atoms with Gasteiger partial charge in [-0.15, -0.1) is 0 Å². The number of halogens is 1. The van der Waals surface area contributed by atoms with Crippen molar-refractivity contribution in [1.82, 2.24) is 9.97 Å². The molecule has 1 rings (SSSR count). The van der Waals surface area contributed by atoms with Crippen LogP contribution in [0.3, 0.4) is 0 Å². The predicted molar refractivity (Wildman–Crippen MR) is 60.6 cm³/mol. The van der Waals surface area contributed by atoms with Gasteiger partial charge in [0.25, 0.3) is 0 Å². The molecule has 2 N–H and O–H groups in total. The summed E-state index contributed by atoms with van der Waals surface area (Å²) in [6.07, 6.45) is 1.33. The van der Waals surface area contributed by atoms with Crippen molar-refractivity contribution >= 4 is 23.6 Å². The highest BCUT2D eigenvalue weighted by Gasteiger charge is 2.07. The Hall–Kier alpha value is -1.62. The number of hydrogen-bond donors (Lipinski definition) is 1. The minimum absolute atomic E-state index is 0.0523. The van der Waals surface area contributed by atoms with E-state index in [9.17, 15) is 4.79 Å². The Kier molecular flexibility index (Phi) is 4.25. The maximum absolute atomic E-state index is 11.2. The van der Waals surface area contributed by atoms with Crippen molar-refractivity contribution in [1.29, 1.82) is 0 Å². The van der Waals surface area contributed by atoms with Crippen molar-refractivity contribution in [3.63, 3.8) is 0 Å². The summed E-state index contributed by atoms with van der Waals surface area (Å²) in [5.41, 5.74) is 6.14. The van der Waals surface area contributed by atoms with Gasteiger partial charge in [0.15, 0.2) is 5.82 Å². The Balaban J connectivity index is 2.93. The number of hydrogen-bond acceptors (Lipinski definition) is 5. The second kappa shape index (κ2) is 5.46. The zero-order chi connectivity index (χ0) is 12.1. The van der Waals surface area contributed by atoms with E-state index < -0.39 is 5.97 Å². The number of ether oxygens (including phenoxy) is 1. The molecule has 0 aliphatic carbocycles. The number of aryl methyl sites for hydroxylation is 1. The smallest absolute Gasteiger partial charge is 0.354 e. The molecular weight excluding hydrogens is 230 g/mol. The molecule has 0 aromatic carbocycles. The number of carbonyl (C=O) groups is 1. The van der Waals surface area contributed by atoms with Crippen molar-refractivity contribution in [2.24, 2.45) is 5.73 Å². The number of nitrogens with zero attached hydrogens (tertiary/aromatic N) is 2. The highest BCUT2D eigenvalue weighted by atomic mass is 35.5. The van der Waals surface area contributed by atoms with Gasteiger partial charge in [-0.2, -0.15) is 0 Å². The highest BCUT2D eigenvalue weighted by molar-refractivity contribution is 6.29. The van der Waals surface area contributed by atoms with Crippen molar-refractivity contribution in [2.45, 2.75) is 13.8 Å². The SMILES string of the molecule is CCOC(=O)C(N)=Cc1nc(C)cc(Cl)n1. The molecule has 0 atom stereocenters. The van der Waals surface area contributed by atoms with Crippen molar-refractivity contribution in [3.05, 3.63) is 28.4 Å². The minimum Gasteiger partial charge on any atom is -0.461 e. The fourth-order valence-electron chi connectivity index (χ4n) is 1.03. The quantitative estimate of drug-likeness (QED) is 0.490. The largest absolute Gasteiger partial charge is 0.461 e. The molecule has 0 amide bonds. The molecule has 0 unspecified atom stereocenters. The van der Waals surface area contributed by atoms with Crippen LogP contribution < -0.4 is 5.73 Å². The molecule has 0 fully saturated rings. The summed E-state index contributed by atoms with van der Waals surface area (Å²) in [4.78, 5) is 19.2. The highest BCUT2D eigenvalue weighted by Crippen LogP contribution is 2.08. The summed E-state index contributed by atoms with van der Waals surface area (Å²) in [5, 5.41) is 0.301. The molecule has 5 nitrogen and oxygen atoms in total. The third kappa shape index (κ3) is 3.51. The van der Waals surface area contributed by atoms with Gasteiger partial charge in [-0.25, -0.2) is 14.8 Å². The molecule has 0 spiro atoms. The van der Waals surface area contributed by atoms with Gasteiger partial charge in [-0.05, 0) is 19.9 Å². The summed E-state index contributed by atoms with van der Waals surface area (Å²) in [6, 6.07) is 1.61. The molecule has 1 aromatic heterocycles. The Morgan fingerprint density at radius 1 is 1.62 bits per heavy atom. The molecule has 86 valence electrons. The van der Waals surface area contributed by atoms with Crippen molar-refractivity contribution < 1.29 is 9.53 Å². The van der Waals surface area contributed by atoms with Crippen LogP contribution in [0.1, 0.15) is 18.4 Å². The third-order valence-electron chi connectivity index (χ3n) is 1.64. The van der Waals surface area contributed by atoms with Crippen LogP contribution in [0.2, 0.25) is 5.15 Å². The Morgan fingerprint density at radius 3 is 2.88 bits per heavy atom. The molecule has 0 aliphatic heterocycles. The van der Waals surface area contributed by atoms with Crippen LogP contribution >= 0.6 is 11.6 Å². The normalized spacial score (nSPS) is 11.3. The van der Waals surface area contributed by atoms with Gasteiger partial charge in [0.05, 0.1) is 6.61 Å². The van der Waals surface area contributed by atoms with E-state index in [2.05, 4.69) is 9.97 Å². The van der Waals surface area contributed by atoms with Gasteiger partial charge in [0.2, 0.25) is 0 Å². The number of esters is 1. The van der Waals surface area contributed by atoms with Crippen LogP contribution in [0, 0.1) is 6.92 Å². The lowest BCUT2D eigenvalue weighted by Gasteiger charge is -2.01. The lowest BCUT2D eigenvalue weighted by molar-refractivity contribution is -0.138. The van der Waals surface area contributed by atoms with Gasteiger partial charge in [0.1, 0.15) is 10.9 Å². The zero-order valence-electron chi connectivity index (χ0n) is 9.03. The fourth-order valence-corrected chi connectivity index (χ4v) is 1.27. The van der Waals surface area contributed by atoms with Gasteiger partial charge >= 0.3 is 5.97 Å². The first-order valence-electron chi connectivity index (χ1n) is 4.68. The molecule has 0 saturated heterocycles. The van der Waals surface area contributed by atoms with Crippen molar-refractivity contribution in [3.8, 4) is 0 Å². The summed E-state index contributed by atoms with van der Waals surface area (Å²) >= 11 is 5.74. The van der Waals surface area contributed by atoms with E-state index in [0.29, 0.717) is 10.8 Å². The third-order valence-corrected chi connectivity index (χ3v) is 1.83. The van der Waals surface area contributed by atoms with E-state index in [1.165, 1.54) is 6.08 Å². The molecule has 6 heteroatoms. The first-order valence-corrected chi connectivity index (χ1v) is 5.06. The van der Waals surface area contributed by atoms with E-state index in [0.717, 1.165) is 0 Å². The van der Waals surface area contributed by atoms with Crippen LogP contribution in [0.5, 0.6) is 0 Å². The molecule has 0 saturated carbocycles. The van der Waals surface area contributed by atoms with Crippen LogP contribution in [0.15, 0.2) is 11.8 Å². The number of nitrogens with two attached hydrogens (primary N) is 1. The average molecular weight is 242 g/mol.